The minimum absolute atomic E-state index is 0.0232. The van der Waals surface area contributed by atoms with Crippen LogP contribution >= 0.6 is 15.9 Å². The number of nitrogens with one attached hydrogen (secondary N) is 2. The van der Waals surface area contributed by atoms with Gasteiger partial charge in [0, 0.05) is 21.3 Å². The van der Waals surface area contributed by atoms with Gasteiger partial charge in [-0.25, -0.2) is 5.01 Å². The average molecular weight is 438 g/mol. The molecule has 2 amide bonds. The van der Waals surface area contributed by atoms with Gasteiger partial charge in [0.2, 0.25) is 0 Å². The lowest BCUT2D eigenvalue weighted by atomic mass is 10.0. The molecular formula is C21H16BrN3O3. The Morgan fingerprint density at radius 2 is 1.68 bits per heavy atom. The molecule has 6 nitrogen and oxygen atoms in total. The summed E-state index contributed by atoms with van der Waals surface area (Å²) in [4.78, 5) is 25.8. The van der Waals surface area contributed by atoms with Crippen molar-refractivity contribution in [3.05, 3.63) is 94.0 Å². The molecule has 140 valence electrons. The van der Waals surface area contributed by atoms with Crippen LogP contribution in [0.1, 0.15) is 32.4 Å². The number of phenols is 1. The molecule has 7 heteroatoms. The number of phenolic OH excluding ortho intramolecular Hbond substituents is 1. The Balaban J connectivity index is 1.72. The fraction of sp³-hybridized carbons (Fsp3) is 0.0476. The summed E-state index contributed by atoms with van der Waals surface area (Å²) in [5.41, 5.74) is 4.63. The third kappa shape index (κ3) is 3.32. The van der Waals surface area contributed by atoms with Gasteiger partial charge in [0.05, 0.1) is 5.56 Å². The fourth-order valence-corrected chi connectivity index (χ4v) is 3.34. The highest BCUT2D eigenvalue weighted by Gasteiger charge is 2.35. The maximum absolute atomic E-state index is 13.1. The van der Waals surface area contributed by atoms with Crippen molar-refractivity contribution in [3.63, 3.8) is 0 Å². The number of nitrogens with zero attached hydrogens (tertiary/aromatic N) is 1. The molecule has 1 heterocycles. The van der Waals surface area contributed by atoms with E-state index in [1.54, 1.807) is 60.7 Å². The van der Waals surface area contributed by atoms with Crippen molar-refractivity contribution in [2.45, 2.75) is 6.17 Å². The summed E-state index contributed by atoms with van der Waals surface area (Å²) in [6, 6.07) is 20.6. The lowest BCUT2D eigenvalue weighted by molar-refractivity contribution is 0.0488. The number of anilines is 1. The molecule has 1 unspecified atom stereocenters. The van der Waals surface area contributed by atoms with Crippen LogP contribution in [-0.2, 0) is 0 Å². The van der Waals surface area contributed by atoms with Crippen LogP contribution in [0.15, 0.2) is 77.3 Å². The monoisotopic (exact) mass is 437 g/mol. The molecule has 0 saturated heterocycles. The highest BCUT2D eigenvalue weighted by molar-refractivity contribution is 9.10. The van der Waals surface area contributed by atoms with E-state index < -0.39 is 12.1 Å². The van der Waals surface area contributed by atoms with Crippen molar-refractivity contribution in [2.75, 3.05) is 5.32 Å². The SMILES string of the molecule is O=C(NN1C(=O)c2ccccc2NC1c1ccccc1O)c1ccc(Br)cc1. The molecule has 1 aliphatic rings. The summed E-state index contributed by atoms with van der Waals surface area (Å²) in [6.45, 7) is 0. The summed E-state index contributed by atoms with van der Waals surface area (Å²) < 4.78 is 0.848. The molecule has 1 aliphatic heterocycles. The zero-order valence-electron chi connectivity index (χ0n) is 14.6. The predicted octanol–water partition coefficient (Wildman–Crippen LogP) is 4.07. The molecular weight excluding hydrogens is 422 g/mol. The van der Waals surface area contributed by atoms with Crippen molar-refractivity contribution < 1.29 is 14.7 Å². The summed E-state index contributed by atoms with van der Waals surface area (Å²) in [5.74, 6) is -0.773. The first kappa shape index (κ1) is 18.1. The van der Waals surface area contributed by atoms with Crippen LogP contribution in [0, 0.1) is 0 Å². The molecule has 3 N–H and O–H groups in total. The Morgan fingerprint density at radius 3 is 2.43 bits per heavy atom. The molecule has 0 radical (unpaired) electrons. The zero-order valence-corrected chi connectivity index (χ0v) is 16.2. The van der Waals surface area contributed by atoms with Crippen LogP contribution in [0.25, 0.3) is 0 Å². The second-order valence-corrected chi connectivity index (χ2v) is 7.19. The molecule has 4 rings (SSSR count). The molecule has 3 aromatic carbocycles. The molecule has 0 spiro atoms. The molecule has 3 aromatic rings. The van der Waals surface area contributed by atoms with E-state index in [1.165, 1.54) is 11.1 Å². The number of fused-ring (bicyclic) bond motifs is 1. The molecule has 0 aromatic heterocycles. The van der Waals surface area contributed by atoms with Crippen LogP contribution in [-0.4, -0.2) is 21.9 Å². The van der Waals surface area contributed by atoms with Crippen LogP contribution in [0.4, 0.5) is 5.69 Å². The summed E-state index contributed by atoms with van der Waals surface area (Å²) >= 11 is 3.33. The molecule has 0 fully saturated rings. The van der Waals surface area contributed by atoms with Crippen LogP contribution in [0.3, 0.4) is 0 Å². The maximum Gasteiger partial charge on any atom is 0.276 e. The fourth-order valence-electron chi connectivity index (χ4n) is 3.08. The second-order valence-electron chi connectivity index (χ2n) is 6.27. The van der Waals surface area contributed by atoms with Gasteiger partial charge in [0.1, 0.15) is 5.75 Å². The van der Waals surface area contributed by atoms with Gasteiger partial charge < -0.3 is 10.4 Å². The lowest BCUT2D eigenvalue weighted by Gasteiger charge is -2.37. The van der Waals surface area contributed by atoms with Gasteiger partial charge in [0.25, 0.3) is 11.8 Å². The molecule has 0 aliphatic carbocycles. The number of hydrazine groups is 1. The number of aromatic hydroxyl groups is 1. The highest BCUT2D eigenvalue weighted by Crippen LogP contribution is 2.35. The first-order chi connectivity index (χ1) is 13.5. The molecule has 28 heavy (non-hydrogen) atoms. The smallest absolute Gasteiger partial charge is 0.276 e. The number of halogens is 1. The van der Waals surface area contributed by atoms with Crippen molar-refractivity contribution in [3.8, 4) is 5.75 Å². The standard InChI is InChI=1S/C21H16BrN3O3/c22-14-11-9-13(10-12-14)20(27)24-25-19(16-6-2-4-8-18(16)26)23-17-7-3-1-5-15(17)21(25)28/h1-12,19,23,26H,(H,24,27). The Morgan fingerprint density at radius 1 is 1.00 bits per heavy atom. The lowest BCUT2D eigenvalue weighted by Crippen LogP contribution is -2.52. The third-order valence-corrected chi connectivity index (χ3v) is 5.02. The minimum atomic E-state index is -0.761. The molecule has 0 bridgehead atoms. The van der Waals surface area contributed by atoms with E-state index in [0.717, 1.165) is 4.47 Å². The zero-order chi connectivity index (χ0) is 19.7. The normalized spacial score (nSPS) is 15.5. The Labute approximate surface area is 169 Å². The topological polar surface area (TPSA) is 81.7 Å². The van der Waals surface area contributed by atoms with E-state index in [2.05, 4.69) is 26.7 Å². The third-order valence-electron chi connectivity index (χ3n) is 4.49. The number of amides is 2. The van der Waals surface area contributed by atoms with Gasteiger partial charge in [0.15, 0.2) is 6.17 Å². The van der Waals surface area contributed by atoms with Crippen molar-refractivity contribution >= 4 is 33.4 Å². The minimum Gasteiger partial charge on any atom is -0.508 e. The largest absolute Gasteiger partial charge is 0.508 e. The first-order valence-corrected chi connectivity index (χ1v) is 9.37. The highest BCUT2D eigenvalue weighted by atomic mass is 79.9. The first-order valence-electron chi connectivity index (χ1n) is 8.58. The van der Waals surface area contributed by atoms with Crippen molar-refractivity contribution in [1.29, 1.82) is 0 Å². The quantitative estimate of drug-likeness (QED) is 0.576. The van der Waals surface area contributed by atoms with E-state index in [-0.39, 0.29) is 11.7 Å². The van der Waals surface area contributed by atoms with Gasteiger partial charge in [-0.15, -0.1) is 0 Å². The number of carbonyl (C=O) groups is 2. The Kier molecular flexibility index (Phi) is 4.75. The number of carbonyl (C=O) groups excluding carboxylic acids is 2. The van der Waals surface area contributed by atoms with Gasteiger partial charge in [-0.3, -0.25) is 15.0 Å². The van der Waals surface area contributed by atoms with Crippen molar-refractivity contribution in [2.24, 2.45) is 0 Å². The second kappa shape index (κ2) is 7.36. The van der Waals surface area contributed by atoms with E-state index in [4.69, 9.17) is 0 Å². The summed E-state index contributed by atoms with van der Waals surface area (Å²) in [7, 11) is 0. The Bertz CT molecular complexity index is 1050. The number of para-hydroxylation sites is 2. The van der Waals surface area contributed by atoms with E-state index in [9.17, 15) is 14.7 Å². The van der Waals surface area contributed by atoms with Gasteiger partial charge in [-0.1, -0.05) is 46.3 Å². The predicted molar refractivity (Wildman–Crippen MR) is 109 cm³/mol. The average Bonchev–Trinajstić information content (AvgIpc) is 2.71. The van der Waals surface area contributed by atoms with Crippen LogP contribution in [0.5, 0.6) is 5.75 Å². The van der Waals surface area contributed by atoms with Gasteiger partial charge in [-0.2, -0.15) is 0 Å². The Hall–Kier alpha value is -3.32. The molecule has 0 saturated carbocycles. The number of hydrogen-bond donors (Lipinski definition) is 3. The maximum atomic E-state index is 13.1. The van der Waals surface area contributed by atoms with Crippen LogP contribution < -0.4 is 10.7 Å². The summed E-state index contributed by atoms with van der Waals surface area (Å²) in [5, 5.41) is 14.7. The van der Waals surface area contributed by atoms with E-state index in [1.807, 2.05) is 6.07 Å². The number of hydrogen-bond acceptors (Lipinski definition) is 4. The van der Waals surface area contributed by atoms with Crippen molar-refractivity contribution in [1.82, 2.24) is 10.4 Å². The van der Waals surface area contributed by atoms with Gasteiger partial charge >= 0.3 is 0 Å². The van der Waals surface area contributed by atoms with E-state index in [0.29, 0.717) is 22.4 Å². The number of benzene rings is 3. The van der Waals surface area contributed by atoms with E-state index >= 15 is 0 Å². The van der Waals surface area contributed by atoms with Gasteiger partial charge in [-0.05, 0) is 42.5 Å². The number of rotatable bonds is 3. The van der Waals surface area contributed by atoms with Crippen LogP contribution in [0.2, 0.25) is 0 Å². The summed E-state index contributed by atoms with van der Waals surface area (Å²) in [6.07, 6.45) is -0.761. The molecule has 1 atom stereocenters.